The number of aryl methyl sites for hydroxylation is 2. The Kier molecular flexibility index (Phi) is 5.52. The van der Waals surface area contributed by atoms with E-state index >= 15 is 0 Å². The van der Waals surface area contributed by atoms with Crippen LogP contribution in [0.15, 0.2) is 60.4 Å². The average Bonchev–Trinajstić information content (AvgIpc) is 3.04. The summed E-state index contributed by atoms with van der Waals surface area (Å²) in [6, 6.07) is 13.4. The Morgan fingerprint density at radius 3 is 2.52 bits per heavy atom. The molecule has 1 aliphatic rings. The summed E-state index contributed by atoms with van der Waals surface area (Å²) in [5.74, 6) is -0.919. The molecule has 1 aromatic carbocycles. The Labute approximate surface area is 186 Å². The third-order valence-electron chi connectivity index (χ3n) is 5.41. The summed E-state index contributed by atoms with van der Waals surface area (Å²) in [6.07, 6.45) is 5.84. The van der Waals surface area contributed by atoms with Crippen LogP contribution in [0, 0.1) is 13.8 Å². The van der Waals surface area contributed by atoms with Crippen molar-refractivity contribution in [3.05, 3.63) is 82.9 Å². The van der Waals surface area contributed by atoms with Crippen LogP contribution in [0.1, 0.15) is 29.4 Å². The SMILES string of the molecule is CCc1ccccc1N1C(=O)C(=Cc2cc(C)n(-c3ccncc3)c2C)C(=O)NC1=S. The molecule has 0 radical (unpaired) electrons. The number of amides is 2. The Morgan fingerprint density at radius 1 is 1.10 bits per heavy atom. The predicted octanol–water partition coefficient (Wildman–Crippen LogP) is 3.88. The van der Waals surface area contributed by atoms with Gasteiger partial charge in [0.2, 0.25) is 0 Å². The van der Waals surface area contributed by atoms with E-state index in [0.29, 0.717) is 5.69 Å². The molecule has 3 heterocycles. The molecule has 156 valence electrons. The molecule has 3 aromatic rings. The zero-order valence-corrected chi connectivity index (χ0v) is 18.4. The maximum atomic E-state index is 13.4. The highest BCUT2D eigenvalue weighted by Crippen LogP contribution is 2.28. The van der Waals surface area contributed by atoms with E-state index in [1.165, 1.54) is 4.90 Å². The number of nitrogens with one attached hydrogen (secondary N) is 1. The number of thiocarbonyl (C=S) groups is 1. The molecule has 1 saturated heterocycles. The van der Waals surface area contributed by atoms with Crippen molar-refractivity contribution in [1.29, 1.82) is 0 Å². The van der Waals surface area contributed by atoms with Crippen molar-refractivity contribution in [3.63, 3.8) is 0 Å². The van der Waals surface area contributed by atoms with E-state index in [2.05, 4.69) is 14.9 Å². The van der Waals surface area contributed by atoms with Gasteiger partial charge in [0.15, 0.2) is 5.11 Å². The summed E-state index contributed by atoms with van der Waals surface area (Å²) >= 11 is 5.34. The maximum absolute atomic E-state index is 13.4. The van der Waals surface area contributed by atoms with Crippen LogP contribution in [0.3, 0.4) is 0 Å². The highest BCUT2D eigenvalue weighted by Gasteiger charge is 2.35. The first-order valence-corrected chi connectivity index (χ1v) is 10.4. The number of aromatic nitrogens is 2. The topological polar surface area (TPSA) is 67.2 Å². The van der Waals surface area contributed by atoms with Crippen LogP contribution in [-0.4, -0.2) is 26.5 Å². The summed E-state index contributed by atoms with van der Waals surface area (Å²) in [5.41, 5.74) is 5.39. The van der Waals surface area contributed by atoms with E-state index in [9.17, 15) is 9.59 Å². The van der Waals surface area contributed by atoms with Gasteiger partial charge in [0.05, 0.1) is 5.69 Å². The molecule has 0 unspecified atom stereocenters. The summed E-state index contributed by atoms with van der Waals surface area (Å²) in [4.78, 5) is 31.6. The van der Waals surface area contributed by atoms with E-state index in [0.717, 1.165) is 34.6 Å². The second kappa shape index (κ2) is 8.28. The molecule has 2 aromatic heterocycles. The quantitative estimate of drug-likeness (QED) is 0.388. The van der Waals surface area contributed by atoms with Crippen molar-refractivity contribution in [2.24, 2.45) is 0 Å². The molecule has 0 aliphatic carbocycles. The van der Waals surface area contributed by atoms with Gasteiger partial charge in [0.1, 0.15) is 5.57 Å². The molecule has 0 bridgehead atoms. The summed E-state index contributed by atoms with van der Waals surface area (Å²) in [6.45, 7) is 5.95. The third kappa shape index (κ3) is 3.68. The molecule has 4 rings (SSSR count). The minimum absolute atomic E-state index is 0.0504. The largest absolute Gasteiger partial charge is 0.318 e. The number of carbonyl (C=O) groups excluding carboxylic acids is 2. The Hall–Kier alpha value is -3.58. The number of pyridine rings is 1. The lowest BCUT2D eigenvalue weighted by atomic mass is 10.0. The molecule has 0 spiro atoms. The van der Waals surface area contributed by atoms with Crippen molar-refractivity contribution >= 4 is 40.9 Å². The molecule has 2 amide bonds. The molecule has 6 nitrogen and oxygen atoms in total. The first-order chi connectivity index (χ1) is 14.9. The molecule has 0 saturated carbocycles. The molecule has 1 aliphatic heterocycles. The van der Waals surface area contributed by atoms with Crippen LogP contribution in [0.4, 0.5) is 5.69 Å². The number of hydrogen-bond acceptors (Lipinski definition) is 4. The number of hydrogen-bond donors (Lipinski definition) is 1. The van der Waals surface area contributed by atoms with Crippen molar-refractivity contribution in [3.8, 4) is 5.69 Å². The van der Waals surface area contributed by atoms with Crippen LogP contribution in [0.2, 0.25) is 0 Å². The lowest BCUT2D eigenvalue weighted by molar-refractivity contribution is -0.122. The number of carbonyl (C=O) groups is 2. The Bertz CT molecular complexity index is 1230. The van der Waals surface area contributed by atoms with Crippen molar-refractivity contribution in [1.82, 2.24) is 14.9 Å². The van der Waals surface area contributed by atoms with Gasteiger partial charge in [-0.25, -0.2) is 0 Å². The molecule has 1 N–H and O–H groups in total. The lowest BCUT2D eigenvalue weighted by Crippen LogP contribution is -2.54. The van der Waals surface area contributed by atoms with E-state index in [-0.39, 0.29) is 10.7 Å². The summed E-state index contributed by atoms with van der Waals surface area (Å²) in [7, 11) is 0. The van der Waals surface area contributed by atoms with Crippen molar-refractivity contribution in [2.75, 3.05) is 4.90 Å². The smallest absolute Gasteiger partial charge is 0.270 e. The highest BCUT2D eigenvalue weighted by atomic mass is 32.1. The molecule has 31 heavy (non-hydrogen) atoms. The van der Waals surface area contributed by atoms with Gasteiger partial charge in [-0.05, 0) is 74.0 Å². The second-order valence-electron chi connectivity index (χ2n) is 7.31. The zero-order chi connectivity index (χ0) is 22.1. The minimum Gasteiger partial charge on any atom is -0.318 e. The fraction of sp³-hybridized carbons (Fsp3) is 0.167. The fourth-order valence-corrected chi connectivity index (χ4v) is 4.16. The number of para-hydroxylation sites is 1. The van der Waals surface area contributed by atoms with E-state index in [1.54, 1.807) is 18.5 Å². The van der Waals surface area contributed by atoms with Gasteiger partial charge in [-0.3, -0.25) is 24.8 Å². The standard InChI is InChI=1S/C24H22N4O2S/c1-4-17-7-5-6-8-21(17)28-23(30)20(22(29)26-24(28)31)14-18-13-15(2)27(16(18)3)19-9-11-25-12-10-19/h5-14H,4H2,1-3H3,(H,26,29,31). The van der Waals surface area contributed by atoms with Crippen molar-refractivity contribution in [2.45, 2.75) is 27.2 Å². The van der Waals surface area contributed by atoms with E-state index < -0.39 is 11.8 Å². The van der Waals surface area contributed by atoms with Crippen LogP contribution >= 0.6 is 12.2 Å². The van der Waals surface area contributed by atoms with Gasteiger partial charge in [0.25, 0.3) is 11.8 Å². The van der Waals surface area contributed by atoms with Crippen LogP contribution in [0.25, 0.3) is 11.8 Å². The number of anilines is 1. The number of benzene rings is 1. The normalized spacial score (nSPS) is 15.5. The van der Waals surface area contributed by atoms with Gasteiger partial charge in [-0.2, -0.15) is 0 Å². The molecule has 7 heteroatoms. The second-order valence-corrected chi connectivity index (χ2v) is 7.69. The van der Waals surface area contributed by atoms with Crippen LogP contribution < -0.4 is 10.2 Å². The zero-order valence-electron chi connectivity index (χ0n) is 17.5. The summed E-state index contributed by atoms with van der Waals surface area (Å²) in [5, 5.41) is 2.76. The first kappa shape index (κ1) is 20.7. The van der Waals surface area contributed by atoms with Crippen molar-refractivity contribution < 1.29 is 9.59 Å². The van der Waals surface area contributed by atoms with Gasteiger partial charge in [0, 0.05) is 29.5 Å². The van der Waals surface area contributed by atoms with E-state index in [1.807, 2.05) is 63.2 Å². The first-order valence-electron chi connectivity index (χ1n) is 10.0. The van der Waals surface area contributed by atoms with Crippen LogP contribution in [0.5, 0.6) is 0 Å². The predicted molar refractivity (Wildman–Crippen MR) is 125 cm³/mol. The maximum Gasteiger partial charge on any atom is 0.270 e. The van der Waals surface area contributed by atoms with Crippen LogP contribution in [-0.2, 0) is 16.0 Å². The summed E-state index contributed by atoms with van der Waals surface area (Å²) < 4.78 is 2.06. The fourth-order valence-electron chi connectivity index (χ4n) is 3.88. The molecule has 0 atom stereocenters. The van der Waals surface area contributed by atoms with E-state index in [4.69, 9.17) is 12.2 Å². The van der Waals surface area contributed by atoms with Gasteiger partial charge < -0.3 is 4.57 Å². The average molecular weight is 431 g/mol. The Morgan fingerprint density at radius 2 is 1.81 bits per heavy atom. The number of rotatable bonds is 4. The molecular formula is C24H22N4O2S. The lowest BCUT2D eigenvalue weighted by Gasteiger charge is -2.30. The van der Waals surface area contributed by atoms with Gasteiger partial charge in [-0.1, -0.05) is 25.1 Å². The van der Waals surface area contributed by atoms with Gasteiger partial charge in [-0.15, -0.1) is 0 Å². The monoisotopic (exact) mass is 430 g/mol. The Balaban J connectivity index is 1.78. The molecule has 1 fully saturated rings. The van der Waals surface area contributed by atoms with Gasteiger partial charge >= 0.3 is 0 Å². The molecular weight excluding hydrogens is 408 g/mol. The number of nitrogens with zero attached hydrogens (tertiary/aromatic N) is 3. The highest BCUT2D eigenvalue weighted by molar-refractivity contribution is 7.80. The minimum atomic E-state index is -0.492. The third-order valence-corrected chi connectivity index (χ3v) is 5.69.